The molecule has 1 aliphatic heterocycles. The molecule has 1 atom stereocenters. The van der Waals surface area contributed by atoms with Gasteiger partial charge in [-0.1, -0.05) is 18.2 Å². The lowest BCUT2D eigenvalue weighted by Crippen LogP contribution is -2.45. The van der Waals surface area contributed by atoms with Gasteiger partial charge in [-0.05, 0) is 37.3 Å². The van der Waals surface area contributed by atoms with E-state index >= 15 is 0 Å². The van der Waals surface area contributed by atoms with E-state index in [1.54, 1.807) is 17.0 Å². The summed E-state index contributed by atoms with van der Waals surface area (Å²) >= 11 is 0. The molecule has 136 valence electrons. The van der Waals surface area contributed by atoms with Gasteiger partial charge in [-0.25, -0.2) is 0 Å². The standard InChI is InChI=1S/C18H24N2O5/c21-16(13-25-15-6-2-1-3-7-15)19-11-17(22)20-10-4-5-14(12-20)8-9-18(23)24/h1-3,6-7,14H,4-5,8-13H2,(H,19,21)(H,23,24). The first-order valence-electron chi connectivity index (χ1n) is 8.48. The van der Waals surface area contributed by atoms with Gasteiger partial charge in [0.15, 0.2) is 6.61 Å². The van der Waals surface area contributed by atoms with E-state index in [0.29, 0.717) is 25.3 Å². The van der Waals surface area contributed by atoms with Crippen LogP contribution in [0.15, 0.2) is 30.3 Å². The number of carbonyl (C=O) groups is 3. The van der Waals surface area contributed by atoms with Gasteiger partial charge in [0.1, 0.15) is 5.75 Å². The van der Waals surface area contributed by atoms with Crippen LogP contribution in [0.1, 0.15) is 25.7 Å². The Kier molecular flexibility index (Phi) is 7.25. The van der Waals surface area contributed by atoms with Gasteiger partial charge in [0, 0.05) is 19.5 Å². The summed E-state index contributed by atoms with van der Waals surface area (Å²) in [6, 6.07) is 8.99. The Labute approximate surface area is 147 Å². The van der Waals surface area contributed by atoms with Gasteiger partial charge in [-0.2, -0.15) is 0 Å². The first-order valence-corrected chi connectivity index (χ1v) is 8.48. The maximum Gasteiger partial charge on any atom is 0.303 e. The average Bonchev–Trinajstić information content (AvgIpc) is 2.63. The van der Waals surface area contributed by atoms with Crippen molar-refractivity contribution < 1.29 is 24.2 Å². The average molecular weight is 348 g/mol. The topological polar surface area (TPSA) is 95.9 Å². The van der Waals surface area contributed by atoms with Crippen molar-refractivity contribution in [1.29, 1.82) is 0 Å². The van der Waals surface area contributed by atoms with E-state index in [0.717, 1.165) is 12.8 Å². The van der Waals surface area contributed by atoms with Crippen LogP contribution in [0.4, 0.5) is 0 Å². The van der Waals surface area contributed by atoms with Crippen LogP contribution >= 0.6 is 0 Å². The van der Waals surface area contributed by atoms with Crippen LogP contribution in [0.2, 0.25) is 0 Å². The lowest BCUT2D eigenvalue weighted by molar-refractivity contribution is -0.137. The molecule has 0 aromatic heterocycles. The molecule has 1 saturated heterocycles. The highest BCUT2D eigenvalue weighted by atomic mass is 16.5. The number of hydrogen-bond acceptors (Lipinski definition) is 4. The number of carboxylic acid groups (broad SMARTS) is 1. The SMILES string of the molecule is O=C(O)CCC1CCCN(C(=O)CNC(=O)COc2ccccc2)C1. The molecular formula is C18H24N2O5. The number of nitrogens with zero attached hydrogens (tertiary/aromatic N) is 1. The second-order valence-electron chi connectivity index (χ2n) is 6.16. The third kappa shape index (κ3) is 6.82. The number of carboxylic acids is 1. The number of benzene rings is 1. The molecule has 2 N–H and O–H groups in total. The van der Waals surface area contributed by atoms with E-state index in [1.165, 1.54) is 0 Å². The lowest BCUT2D eigenvalue weighted by atomic mass is 9.93. The molecule has 1 unspecified atom stereocenters. The summed E-state index contributed by atoms with van der Waals surface area (Å²) in [7, 11) is 0. The molecular weight excluding hydrogens is 324 g/mol. The molecule has 2 rings (SSSR count). The van der Waals surface area contributed by atoms with Gasteiger partial charge >= 0.3 is 5.97 Å². The van der Waals surface area contributed by atoms with E-state index in [2.05, 4.69) is 5.32 Å². The minimum Gasteiger partial charge on any atom is -0.484 e. The van der Waals surface area contributed by atoms with Crippen molar-refractivity contribution >= 4 is 17.8 Å². The molecule has 1 aromatic rings. The first kappa shape index (κ1) is 18.8. The van der Waals surface area contributed by atoms with Crippen LogP contribution < -0.4 is 10.1 Å². The maximum atomic E-state index is 12.2. The van der Waals surface area contributed by atoms with Crippen LogP contribution in [0.25, 0.3) is 0 Å². The van der Waals surface area contributed by atoms with Crippen molar-refractivity contribution in [3.05, 3.63) is 30.3 Å². The molecule has 0 aliphatic carbocycles. The minimum atomic E-state index is -0.811. The number of para-hydroxylation sites is 1. The highest BCUT2D eigenvalue weighted by molar-refractivity contribution is 5.85. The van der Waals surface area contributed by atoms with Crippen molar-refractivity contribution in [1.82, 2.24) is 10.2 Å². The Balaban J connectivity index is 1.68. The third-order valence-corrected chi connectivity index (χ3v) is 4.19. The molecule has 2 amide bonds. The van der Waals surface area contributed by atoms with Gasteiger partial charge in [0.2, 0.25) is 5.91 Å². The normalized spacial score (nSPS) is 17.0. The zero-order chi connectivity index (χ0) is 18.1. The van der Waals surface area contributed by atoms with E-state index < -0.39 is 5.97 Å². The highest BCUT2D eigenvalue weighted by Crippen LogP contribution is 2.20. The number of hydrogen-bond donors (Lipinski definition) is 2. The van der Waals surface area contributed by atoms with Crippen molar-refractivity contribution in [2.45, 2.75) is 25.7 Å². The van der Waals surface area contributed by atoms with Crippen LogP contribution in [0.3, 0.4) is 0 Å². The van der Waals surface area contributed by atoms with Crippen molar-refractivity contribution in [3.8, 4) is 5.75 Å². The number of amides is 2. The molecule has 0 radical (unpaired) electrons. The molecule has 0 spiro atoms. The zero-order valence-electron chi connectivity index (χ0n) is 14.1. The molecule has 0 bridgehead atoms. The summed E-state index contributed by atoms with van der Waals surface area (Å²) in [5, 5.41) is 11.3. The van der Waals surface area contributed by atoms with Gasteiger partial charge in [0.05, 0.1) is 6.54 Å². The number of carbonyl (C=O) groups excluding carboxylic acids is 2. The number of piperidine rings is 1. The Morgan fingerprint density at radius 1 is 1.24 bits per heavy atom. The van der Waals surface area contributed by atoms with Crippen molar-refractivity contribution in [2.24, 2.45) is 5.92 Å². The Morgan fingerprint density at radius 3 is 2.72 bits per heavy atom. The summed E-state index contributed by atoms with van der Waals surface area (Å²) in [5.41, 5.74) is 0. The second kappa shape index (κ2) is 9.66. The fraction of sp³-hybridized carbons (Fsp3) is 0.500. The highest BCUT2D eigenvalue weighted by Gasteiger charge is 2.24. The van der Waals surface area contributed by atoms with E-state index in [1.807, 2.05) is 18.2 Å². The minimum absolute atomic E-state index is 0.0668. The lowest BCUT2D eigenvalue weighted by Gasteiger charge is -2.32. The van der Waals surface area contributed by atoms with E-state index in [4.69, 9.17) is 9.84 Å². The molecule has 1 aliphatic rings. The number of ether oxygens (including phenoxy) is 1. The summed E-state index contributed by atoms with van der Waals surface area (Å²) in [4.78, 5) is 36.3. The van der Waals surface area contributed by atoms with Gasteiger partial charge in [-0.3, -0.25) is 14.4 Å². The number of rotatable bonds is 8. The maximum absolute atomic E-state index is 12.2. The number of nitrogens with one attached hydrogen (secondary N) is 1. The number of likely N-dealkylation sites (tertiary alicyclic amines) is 1. The molecule has 7 nitrogen and oxygen atoms in total. The summed E-state index contributed by atoms with van der Waals surface area (Å²) in [5.74, 6) is -0.494. The molecule has 1 heterocycles. The van der Waals surface area contributed by atoms with Gasteiger partial charge < -0.3 is 20.1 Å². The Hall–Kier alpha value is -2.57. The Morgan fingerprint density at radius 2 is 2.00 bits per heavy atom. The monoisotopic (exact) mass is 348 g/mol. The predicted octanol–water partition coefficient (Wildman–Crippen LogP) is 1.29. The molecule has 7 heteroatoms. The smallest absolute Gasteiger partial charge is 0.303 e. The third-order valence-electron chi connectivity index (χ3n) is 4.19. The molecule has 1 aromatic carbocycles. The summed E-state index contributed by atoms with van der Waals surface area (Å²) in [6.07, 6.45) is 2.51. The molecule has 25 heavy (non-hydrogen) atoms. The van der Waals surface area contributed by atoms with Gasteiger partial charge in [-0.15, -0.1) is 0 Å². The van der Waals surface area contributed by atoms with Crippen molar-refractivity contribution in [2.75, 3.05) is 26.2 Å². The first-order chi connectivity index (χ1) is 12.0. The number of aliphatic carboxylic acids is 1. The van der Waals surface area contributed by atoms with Crippen molar-refractivity contribution in [3.63, 3.8) is 0 Å². The van der Waals surface area contributed by atoms with Gasteiger partial charge in [0.25, 0.3) is 5.91 Å². The second-order valence-corrected chi connectivity index (χ2v) is 6.16. The molecule has 1 fully saturated rings. The zero-order valence-corrected chi connectivity index (χ0v) is 14.1. The quantitative estimate of drug-likeness (QED) is 0.738. The predicted molar refractivity (Wildman–Crippen MR) is 91.1 cm³/mol. The Bertz CT molecular complexity index is 590. The van der Waals surface area contributed by atoms with Crippen LogP contribution in [0, 0.1) is 5.92 Å². The van der Waals surface area contributed by atoms with Crippen LogP contribution in [-0.4, -0.2) is 54.0 Å². The van der Waals surface area contributed by atoms with Crippen LogP contribution in [0.5, 0.6) is 5.75 Å². The summed E-state index contributed by atoms with van der Waals surface area (Å²) < 4.78 is 5.32. The van der Waals surface area contributed by atoms with Crippen LogP contribution in [-0.2, 0) is 14.4 Å². The summed E-state index contributed by atoms with van der Waals surface area (Å²) in [6.45, 7) is 1.00. The largest absolute Gasteiger partial charge is 0.484 e. The fourth-order valence-corrected chi connectivity index (χ4v) is 2.86. The molecule has 0 saturated carbocycles. The van der Waals surface area contributed by atoms with E-state index in [-0.39, 0.29) is 37.3 Å². The fourth-order valence-electron chi connectivity index (χ4n) is 2.86. The van der Waals surface area contributed by atoms with E-state index in [9.17, 15) is 14.4 Å².